The number of carboxylic acids is 1. The van der Waals surface area contributed by atoms with Crippen molar-refractivity contribution in [2.24, 2.45) is 0 Å². The van der Waals surface area contributed by atoms with Gasteiger partial charge in [0.2, 0.25) is 0 Å². The highest BCUT2D eigenvalue weighted by molar-refractivity contribution is 9.10. The summed E-state index contributed by atoms with van der Waals surface area (Å²) >= 11 is 3.30. The molecule has 0 fully saturated rings. The Hall–Kier alpha value is -3.11. The van der Waals surface area contributed by atoms with Crippen molar-refractivity contribution in [2.45, 2.75) is 0 Å². The molecule has 7 heteroatoms. The van der Waals surface area contributed by atoms with E-state index in [9.17, 15) is 20.0 Å². The van der Waals surface area contributed by atoms with E-state index in [0.29, 0.717) is 11.3 Å². The van der Waals surface area contributed by atoms with E-state index in [0.717, 1.165) is 4.47 Å². The Kier molecular flexibility index (Phi) is 6.32. The van der Waals surface area contributed by atoms with Gasteiger partial charge < -0.3 is 20.0 Å². The van der Waals surface area contributed by atoms with Gasteiger partial charge in [0.05, 0.1) is 5.97 Å². The van der Waals surface area contributed by atoms with Crippen LogP contribution in [0.2, 0.25) is 0 Å². The van der Waals surface area contributed by atoms with E-state index in [1.165, 1.54) is 12.1 Å². The standard InChI is InChI=1S/C18H13BrN2O4/c19-14-5-3-6-15(9-14)21-18(24)13(10-20)8-12-4-1-2-7-16(12)25-11-17(22)23/h1-9H,11H2,(H,21,24)(H,22,23)/p-1/b13-8-. The number of benzene rings is 2. The molecule has 0 bridgehead atoms. The Balaban J connectivity index is 2.23. The maximum absolute atomic E-state index is 12.3. The topological polar surface area (TPSA) is 102 Å². The minimum atomic E-state index is -1.37. The van der Waals surface area contributed by atoms with Gasteiger partial charge in [0.25, 0.3) is 5.91 Å². The normalized spacial score (nSPS) is 10.6. The number of anilines is 1. The molecule has 0 saturated heterocycles. The zero-order valence-corrected chi connectivity index (χ0v) is 14.4. The highest BCUT2D eigenvalue weighted by Crippen LogP contribution is 2.22. The number of amides is 1. The monoisotopic (exact) mass is 399 g/mol. The average Bonchev–Trinajstić information content (AvgIpc) is 2.58. The minimum absolute atomic E-state index is 0.149. The number of carboxylic acid groups (broad SMARTS) is 1. The fraction of sp³-hybridized carbons (Fsp3) is 0.0556. The second kappa shape index (κ2) is 8.66. The summed E-state index contributed by atoms with van der Waals surface area (Å²) in [7, 11) is 0. The maximum Gasteiger partial charge on any atom is 0.266 e. The molecule has 6 nitrogen and oxygen atoms in total. The van der Waals surface area contributed by atoms with E-state index >= 15 is 0 Å². The lowest BCUT2D eigenvalue weighted by molar-refractivity contribution is -0.307. The van der Waals surface area contributed by atoms with E-state index in [2.05, 4.69) is 21.2 Å². The molecule has 0 aliphatic rings. The van der Waals surface area contributed by atoms with E-state index in [1.54, 1.807) is 36.4 Å². The Morgan fingerprint density at radius 3 is 2.68 bits per heavy atom. The van der Waals surface area contributed by atoms with Gasteiger partial charge in [0.15, 0.2) is 0 Å². The second-order valence-corrected chi connectivity index (χ2v) is 5.75. The van der Waals surface area contributed by atoms with Crippen LogP contribution in [0.5, 0.6) is 5.75 Å². The van der Waals surface area contributed by atoms with Crippen LogP contribution in [0.1, 0.15) is 5.56 Å². The lowest BCUT2D eigenvalue weighted by Crippen LogP contribution is -2.29. The number of nitriles is 1. The molecule has 0 saturated carbocycles. The zero-order valence-electron chi connectivity index (χ0n) is 12.9. The fourth-order valence-corrected chi connectivity index (χ4v) is 2.34. The molecule has 0 aliphatic carbocycles. The van der Waals surface area contributed by atoms with Gasteiger partial charge in [-0.15, -0.1) is 0 Å². The van der Waals surface area contributed by atoms with Gasteiger partial charge in [-0.05, 0) is 30.3 Å². The molecule has 0 aliphatic heterocycles. The lowest BCUT2D eigenvalue weighted by atomic mass is 10.1. The molecule has 2 rings (SSSR count). The number of rotatable bonds is 6. The quantitative estimate of drug-likeness (QED) is 0.591. The van der Waals surface area contributed by atoms with Gasteiger partial charge in [0.1, 0.15) is 24.0 Å². The summed E-state index contributed by atoms with van der Waals surface area (Å²) in [6.07, 6.45) is 1.33. The first kappa shape index (κ1) is 18.2. The van der Waals surface area contributed by atoms with Crippen LogP contribution in [-0.2, 0) is 9.59 Å². The number of para-hydroxylation sites is 1. The van der Waals surface area contributed by atoms with Crippen molar-refractivity contribution in [3.8, 4) is 11.8 Å². The number of hydrogen-bond donors (Lipinski definition) is 1. The van der Waals surface area contributed by atoms with Gasteiger partial charge in [-0.25, -0.2) is 0 Å². The largest absolute Gasteiger partial charge is 0.546 e. The van der Waals surface area contributed by atoms with Gasteiger partial charge in [-0.3, -0.25) is 4.79 Å². The molecule has 0 heterocycles. The highest BCUT2D eigenvalue weighted by Gasteiger charge is 2.11. The Bertz CT molecular complexity index is 871. The fourth-order valence-electron chi connectivity index (χ4n) is 1.94. The first-order valence-corrected chi connectivity index (χ1v) is 7.89. The van der Waals surface area contributed by atoms with E-state index in [4.69, 9.17) is 4.74 Å². The predicted molar refractivity (Wildman–Crippen MR) is 93.3 cm³/mol. The molecule has 126 valence electrons. The van der Waals surface area contributed by atoms with Crippen molar-refractivity contribution < 1.29 is 19.4 Å². The van der Waals surface area contributed by atoms with Gasteiger partial charge in [-0.2, -0.15) is 5.26 Å². The van der Waals surface area contributed by atoms with Crippen LogP contribution < -0.4 is 15.2 Å². The summed E-state index contributed by atoms with van der Waals surface area (Å²) < 4.78 is 5.89. The number of nitrogens with zero attached hydrogens (tertiary/aromatic N) is 1. The predicted octanol–water partition coefficient (Wildman–Crippen LogP) is 2.12. The van der Waals surface area contributed by atoms with Crippen LogP contribution in [0.4, 0.5) is 5.69 Å². The summed E-state index contributed by atoms with van der Waals surface area (Å²) in [5, 5.41) is 22.4. The number of carbonyl (C=O) groups is 2. The molecule has 2 aromatic carbocycles. The van der Waals surface area contributed by atoms with Crippen LogP contribution in [0.15, 0.2) is 58.6 Å². The Labute approximate surface area is 152 Å². The summed E-state index contributed by atoms with van der Waals surface area (Å²) in [4.78, 5) is 22.8. The summed E-state index contributed by atoms with van der Waals surface area (Å²) in [6, 6.07) is 15.2. The molecule has 0 atom stereocenters. The van der Waals surface area contributed by atoms with Crippen LogP contribution in [-0.4, -0.2) is 18.5 Å². The average molecular weight is 400 g/mol. The molecule has 1 amide bonds. The first-order valence-electron chi connectivity index (χ1n) is 7.10. The van der Waals surface area contributed by atoms with Crippen LogP contribution >= 0.6 is 15.9 Å². The molecular weight excluding hydrogens is 388 g/mol. The Morgan fingerprint density at radius 2 is 2.00 bits per heavy atom. The van der Waals surface area contributed by atoms with Crippen LogP contribution in [0, 0.1) is 11.3 Å². The number of hydrogen-bond acceptors (Lipinski definition) is 5. The van der Waals surface area contributed by atoms with Crippen molar-refractivity contribution in [3.05, 3.63) is 64.1 Å². The van der Waals surface area contributed by atoms with Crippen molar-refractivity contribution in [1.82, 2.24) is 0 Å². The minimum Gasteiger partial charge on any atom is -0.546 e. The molecule has 0 radical (unpaired) electrons. The third-order valence-electron chi connectivity index (χ3n) is 3.01. The van der Waals surface area contributed by atoms with Crippen LogP contribution in [0.25, 0.3) is 6.08 Å². The molecule has 2 aromatic rings. The van der Waals surface area contributed by atoms with E-state index < -0.39 is 18.5 Å². The third-order valence-corrected chi connectivity index (χ3v) is 3.51. The van der Waals surface area contributed by atoms with Gasteiger partial charge in [-0.1, -0.05) is 40.2 Å². The zero-order chi connectivity index (χ0) is 18.2. The Morgan fingerprint density at radius 1 is 1.24 bits per heavy atom. The molecule has 0 unspecified atom stereocenters. The van der Waals surface area contributed by atoms with Gasteiger partial charge in [0, 0.05) is 15.7 Å². The molecule has 1 N–H and O–H groups in total. The SMILES string of the molecule is N#C/C(=C/c1ccccc1OCC(=O)[O-])C(=O)Nc1cccc(Br)c1. The second-order valence-electron chi connectivity index (χ2n) is 4.83. The third kappa shape index (κ3) is 5.48. The van der Waals surface area contributed by atoms with E-state index in [1.807, 2.05) is 12.1 Å². The lowest BCUT2D eigenvalue weighted by Gasteiger charge is -2.10. The summed E-state index contributed by atoms with van der Waals surface area (Å²) in [5.41, 5.74) is 0.788. The highest BCUT2D eigenvalue weighted by atomic mass is 79.9. The van der Waals surface area contributed by atoms with E-state index in [-0.39, 0.29) is 11.3 Å². The smallest absolute Gasteiger partial charge is 0.266 e. The van der Waals surface area contributed by atoms with Gasteiger partial charge >= 0.3 is 0 Å². The number of aliphatic carboxylic acids is 1. The van der Waals surface area contributed by atoms with Crippen LogP contribution in [0.3, 0.4) is 0 Å². The molecule has 0 spiro atoms. The number of halogens is 1. The summed E-state index contributed by atoms with van der Waals surface area (Å²) in [5.74, 6) is -1.73. The van der Waals surface area contributed by atoms with Crippen molar-refractivity contribution >= 4 is 39.6 Å². The first-order chi connectivity index (χ1) is 12.0. The summed E-state index contributed by atoms with van der Waals surface area (Å²) in [6.45, 7) is -0.628. The van der Waals surface area contributed by atoms with Crippen molar-refractivity contribution in [2.75, 3.05) is 11.9 Å². The maximum atomic E-state index is 12.3. The molecule has 0 aromatic heterocycles. The molecule has 25 heavy (non-hydrogen) atoms. The number of carbonyl (C=O) groups excluding carboxylic acids is 2. The number of nitrogens with one attached hydrogen (secondary N) is 1. The van der Waals surface area contributed by atoms with Crippen molar-refractivity contribution in [3.63, 3.8) is 0 Å². The number of ether oxygens (including phenoxy) is 1. The van der Waals surface area contributed by atoms with Crippen molar-refractivity contribution in [1.29, 1.82) is 5.26 Å². The molecular formula is C18H12BrN2O4-.